The largest absolute Gasteiger partial charge is 0.452 e. The van der Waals surface area contributed by atoms with Crippen molar-refractivity contribution in [3.05, 3.63) is 30.3 Å². The summed E-state index contributed by atoms with van der Waals surface area (Å²) in [6.45, 7) is 0.477. The van der Waals surface area contributed by atoms with Gasteiger partial charge in [-0.3, -0.25) is 4.79 Å². The normalized spacial score (nSPS) is 15.5. The Bertz CT molecular complexity index is 336. The standard InChI is InChI=1S/C10H8F3O2/c1-9(11,10(12,13)7-14)15-8-5-3-2-4-6-8/h2-6H,1H3. The zero-order valence-electron chi connectivity index (χ0n) is 7.84. The summed E-state index contributed by atoms with van der Waals surface area (Å²) in [7, 11) is 0. The van der Waals surface area contributed by atoms with Crippen molar-refractivity contribution in [2.24, 2.45) is 0 Å². The van der Waals surface area contributed by atoms with Gasteiger partial charge < -0.3 is 4.74 Å². The van der Waals surface area contributed by atoms with Crippen LogP contribution in [-0.4, -0.2) is 18.1 Å². The molecule has 15 heavy (non-hydrogen) atoms. The first-order valence-electron chi connectivity index (χ1n) is 4.09. The number of halogens is 3. The molecule has 1 rings (SSSR count). The predicted molar refractivity (Wildman–Crippen MR) is 47.2 cm³/mol. The third kappa shape index (κ3) is 2.49. The molecule has 0 amide bonds. The quantitative estimate of drug-likeness (QED) is 0.774. The van der Waals surface area contributed by atoms with Crippen LogP contribution in [0.2, 0.25) is 0 Å². The number of para-hydroxylation sites is 1. The predicted octanol–water partition coefficient (Wildman–Crippen LogP) is 2.50. The van der Waals surface area contributed by atoms with Crippen LogP contribution in [0.1, 0.15) is 6.92 Å². The van der Waals surface area contributed by atoms with Crippen LogP contribution in [-0.2, 0) is 4.79 Å². The Morgan fingerprint density at radius 2 is 1.73 bits per heavy atom. The van der Waals surface area contributed by atoms with E-state index in [1.165, 1.54) is 24.3 Å². The second-order valence-corrected chi connectivity index (χ2v) is 3.01. The SMILES string of the molecule is CC(F)(Oc1ccccc1)C(F)(F)[C]=O. The first-order valence-corrected chi connectivity index (χ1v) is 4.09. The van der Waals surface area contributed by atoms with Crippen molar-refractivity contribution in [3.63, 3.8) is 0 Å². The molecule has 0 fully saturated rings. The Hall–Kier alpha value is -1.52. The van der Waals surface area contributed by atoms with E-state index in [1.807, 2.05) is 0 Å². The number of rotatable bonds is 4. The van der Waals surface area contributed by atoms with E-state index in [2.05, 4.69) is 4.74 Å². The van der Waals surface area contributed by atoms with Gasteiger partial charge in [-0.2, -0.15) is 13.2 Å². The summed E-state index contributed by atoms with van der Waals surface area (Å²) in [5.41, 5.74) is 0. The van der Waals surface area contributed by atoms with Gasteiger partial charge in [-0.05, 0) is 12.1 Å². The highest BCUT2D eigenvalue weighted by molar-refractivity contribution is 5.62. The molecule has 2 nitrogen and oxygen atoms in total. The summed E-state index contributed by atoms with van der Waals surface area (Å²) < 4.78 is 43.1. The van der Waals surface area contributed by atoms with Gasteiger partial charge in [-0.1, -0.05) is 18.2 Å². The van der Waals surface area contributed by atoms with Crippen LogP contribution < -0.4 is 4.74 Å². The molecule has 0 heterocycles. The maximum atomic E-state index is 13.3. The molecule has 81 valence electrons. The van der Waals surface area contributed by atoms with Gasteiger partial charge in [-0.25, -0.2) is 0 Å². The van der Waals surface area contributed by atoms with Crippen LogP contribution in [0.5, 0.6) is 5.75 Å². The first-order chi connectivity index (χ1) is 6.89. The van der Waals surface area contributed by atoms with Gasteiger partial charge in [0, 0.05) is 6.92 Å². The highest BCUT2D eigenvalue weighted by Gasteiger charge is 2.55. The molecule has 1 aromatic rings. The molecule has 0 saturated carbocycles. The van der Waals surface area contributed by atoms with Gasteiger partial charge in [0.1, 0.15) is 5.75 Å². The first kappa shape index (κ1) is 11.6. The maximum absolute atomic E-state index is 13.3. The summed E-state index contributed by atoms with van der Waals surface area (Å²) in [4.78, 5) is 9.87. The number of ether oxygens (including phenoxy) is 1. The summed E-state index contributed by atoms with van der Waals surface area (Å²) in [5.74, 6) is -7.80. The minimum Gasteiger partial charge on any atom is -0.452 e. The lowest BCUT2D eigenvalue weighted by Crippen LogP contribution is -2.47. The molecule has 1 unspecified atom stereocenters. The van der Waals surface area contributed by atoms with Crippen LogP contribution >= 0.6 is 0 Å². The van der Waals surface area contributed by atoms with Crippen molar-refractivity contribution in [1.82, 2.24) is 0 Å². The van der Waals surface area contributed by atoms with Crippen LogP contribution in [0.15, 0.2) is 30.3 Å². The fraction of sp³-hybridized carbons (Fsp3) is 0.300. The molecule has 0 aliphatic rings. The molecular formula is C10H8F3O2. The monoisotopic (exact) mass is 217 g/mol. The van der Waals surface area contributed by atoms with Gasteiger partial charge in [0.25, 0.3) is 6.29 Å². The van der Waals surface area contributed by atoms with Gasteiger partial charge in [0.05, 0.1) is 0 Å². The molecule has 5 heteroatoms. The number of hydrogen-bond acceptors (Lipinski definition) is 2. The zero-order chi connectivity index (χ0) is 11.5. The molecule has 1 aromatic carbocycles. The third-order valence-electron chi connectivity index (χ3n) is 1.74. The Balaban J connectivity index is 2.86. The maximum Gasteiger partial charge on any atom is 0.380 e. The topological polar surface area (TPSA) is 26.3 Å². The van der Waals surface area contributed by atoms with E-state index in [9.17, 15) is 18.0 Å². The van der Waals surface area contributed by atoms with Crippen LogP contribution in [0.4, 0.5) is 13.2 Å². The highest BCUT2D eigenvalue weighted by Crippen LogP contribution is 2.32. The Kier molecular flexibility index (Phi) is 3.02. The van der Waals surface area contributed by atoms with Crippen LogP contribution in [0.25, 0.3) is 0 Å². The smallest absolute Gasteiger partial charge is 0.380 e. The molecule has 1 radical (unpaired) electrons. The minimum absolute atomic E-state index is 0.0857. The summed E-state index contributed by atoms with van der Waals surface area (Å²) in [5, 5.41) is 0. The van der Waals surface area contributed by atoms with Crippen molar-refractivity contribution < 1.29 is 22.7 Å². The lowest BCUT2D eigenvalue weighted by Gasteiger charge is -2.26. The molecular weight excluding hydrogens is 209 g/mol. The van der Waals surface area contributed by atoms with E-state index in [4.69, 9.17) is 0 Å². The van der Waals surface area contributed by atoms with Crippen LogP contribution in [0.3, 0.4) is 0 Å². The van der Waals surface area contributed by atoms with Crippen molar-refractivity contribution in [2.75, 3.05) is 0 Å². The highest BCUT2D eigenvalue weighted by atomic mass is 19.3. The number of carbonyl (C=O) groups excluding carboxylic acids is 1. The lowest BCUT2D eigenvalue weighted by atomic mass is 10.2. The van der Waals surface area contributed by atoms with E-state index < -0.39 is 11.8 Å². The van der Waals surface area contributed by atoms with E-state index in [-0.39, 0.29) is 5.75 Å². The van der Waals surface area contributed by atoms with Gasteiger partial charge >= 0.3 is 11.8 Å². The molecule has 0 N–H and O–H groups in total. The van der Waals surface area contributed by atoms with Crippen molar-refractivity contribution in [3.8, 4) is 5.75 Å². The van der Waals surface area contributed by atoms with Crippen molar-refractivity contribution in [2.45, 2.75) is 18.7 Å². The van der Waals surface area contributed by atoms with Crippen molar-refractivity contribution in [1.29, 1.82) is 0 Å². The molecule has 0 bridgehead atoms. The van der Waals surface area contributed by atoms with E-state index in [0.717, 1.165) is 0 Å². The Morgan fingerprint density at radius 3 is 2.20 bits per heavy atom. The lowest BCUT2D eigenvalue weighted by molar-refractivity contribution is -0.187. The molecule has 0 aliphatic heterocycles. The van der Waals surface area contributed by atoms with E-state index in [0.29, 0.717) is 13.2 Å². The third-order valence-corrected chi connectivity index (χ3v) is 1.74. The molecule has 0 spiro atoms. The number of benzene rings is 1. The summed E-state index contributed by atoms with van der Waals surface area (Å²) >= 11 is 0. The van der Waals surface area contributed by atoms with Gasteiger partial charge in [0.15, 0.2) is 0 Å². The molecule has 0 aliphatic carbocycles. The summed E-state index contributed by atoms with van der Waals surface area (Å²) in [6, 6.07) is 7.21. The van der Waals surface area contributed by atoms with E-state index >= 15 is 0 Å². The molecule has 0 aromatic heterocycles. The van der Waals surface area contributed by atoms with Gasteiger partial charge in [-0.15, -0.1) is 0 Å². The molecule has 0 saturated heterocycles. The average Bonchev–Trinajstić information content (AvgIpc) is 2.18. The Morgan fingerprint density at radius 1 is 1.20 bits per heavy atom. The zero-order valence-corrected chi connectivity index (χ0v) is 7.84. The molecule has 1 atom stereocenters. The van der Waals surface area contributed by atoms with E-state index in [1.54, 1.807) is 6.07 Å². The minimum atomic E-state index is -4.30. The van der Waals surface area contributed by atoms with Crippen molar-refractivity contribution >= 4 is 6.29 Å². The number of hydrogen-bond donors (Lipinski definition) is 0. The van der Waals surface area contributed by atoms with Gasteiger partial charge in [0.2, 0.25) is 0 Å². The fourth-order valence-corrected chi connectivity index (χ4v) is 0.865. The average molecular weight is 217 g/mol. The second-order valence-electron chi connectivity index (χ2n) is 3.01. The Labute approximate surface area is 84.7 Å². The summed E-state index contributed by atoms with van der Waals surface area (Å²) in [6.07, 6.45) is 0.318. The fourth-order valence-electron chi connectivity index (χ4n) is 0.865. The number of alkyl halides is 3. The second kappa shape index (κ2) is 3.92. The van der Waals surface area contributed by atoms with Crippen LogP contribution in [0, 0.1) is 0 Å².